The molecule has 1 atom stereocenters. The molecule has 3 rings (SSSR count). The Labute approximate surface area is 145 Å². The molecule has 0 radical (unpaired) electrons. The van der Waals surface area contributed by atoms with E-state index in [1.165, 1.54) is 24.9 Å². The minimum atomic E-state index is 0.126. The van der Waals surface area contributed by atoms with Gasteiger partial charge in [0.15, 0.2) is 0 Å². The van der Waals surface area contributed by atoms with Crippen molar-refractivity contribution < 1.29 is 5.11 Å². The third-order valence-electron chi connectivity index (χ3n) is 4.95. The maximum Gasteiger partial charge on any atom is 0.120 e. The molecule has 0 bridgehead atoms. The molecule has 1 aliphatic rings. The molecule has 0 aromatic heterocycles. The number of hydrogen-bond donors (Lipinski definition) is 1. The van der Waals surface area contributed by atoms with E-state index in [1.54, 1.807) is 6.07 Å². The van der Waals surface area contributed by atoms with Crippen LogP contribution in [0.3, 0.4) is 0 Å². The second kappa shape index (κ2) is 8.32. The van der Waals surface area contributed by atoms with E-state index in [9.17, 15) is 5.11 Å². The topological polar surface area (TPSA) is 26.7 Å². The largest absolute Gasteiger partial charge is 0.508 e. The minimum absolute atomic E-state index is 0.126. The molecule has 0 spiro atoms. The first-order chi connectivity index (χ1) is 11.8. The second-order valence-electron chi connectivity index (χ2n) is 6.60. The molecule has 2 aromatic carbocycles. The normalized spacial score (nSPS) is 17.7. The zero-order chi connectivity index (χ0) is 16.8. The van der Waals surface area contributed by atoms with Gasteiger partial charge in [0.1, 0.15) is 5.75 Å². The molecule has 1 unspecified atom stereocenters. The van der Waals surface area contributed by atoms with Crippen LogP contribution in [0.2, 0.25) is 0 Å². The van der Waals surface area contributed by atoms with Crippen LogP contribution in [0, 0.1) is 0 Å². The lowest BCUT2D eigenvalue weighted by Crippen LogP contribution is -2.48. The van der Waals surface area contributed by atoms with Crippen LogP contribution in [0.25, 0.3) is 0 Å². The fourth-order valence-corrected chi connectivity index (χ4v) is 3.57. The number of rotatable bonds is 6. The summed E-state index contributed by atoms with van der Waals surface area (Å²) in [5.74, 6) is 0.389. The van der Waals surface area contributed by atoms with Gasteiger partial charge in [-0.25, -0.2) is 0 Å². The number of benzene rings is 2. The Morgan fingerprint density at radius 3 is 2.25 bits per heavy atom. The minimum Gasteiger partial charge on any atom is -0.508 e. The highest BCUT2D eigenvalue weighted by atomic mass is 16.3. The van der Waals surface area contributed by atoms with Crippen LogP contribution in [-0.4, -0.2) is 47.6 Å². The number of phenolic OH excluding ortho intramolecular Hbond substituents is 1. The molecular formula is C21H28N2O. The van der Waals surface area contributed by atoms with Crippen LogP contribution < -0.4 is 0 Å². The number of unbranched alkanes of at least 4 members (excludes halogenated alkanes) is 1. The van der Waals surface area contributed by atoms with Crippen molar-refractivity contribution in [2.45, 2.75) is 25.8 Å². The zero-order valence-electron chi connectivity index (χ0n) is 14.6. The smallest absolute Gasteiger partial charge is 0.120 e. The van der Waals surface area contributed by atoms with Gasteiger partial charge in [-0.3, -0.25) is 4.90 Å². The first-order valence-electron chi connectivity index (χ1n) is 9.09. The van der Waals surface area contributed by atoms with Gasteiger partial charge in [-0.15, -0.1) is 0 Å². The van der Waals surface area contributed by atoms with Crippen molar-refractivity contribution in [1.82, 2.24) is 9.80 Å². The first-order valence-corrected chi connectivity index (χ1v) is 9.09. The molecule has 1 N–H and O–H groups in total. The van der Waals surface area contributed by atoms with Crippen molar-refractivity contribution in [2.75, 3.05) is 32.7 Å². The predicted octanol–water partition coefficient (Wildman–Crippen LogP) is 3.90. The molecule has 1 aliphatic heterocycles. The summed E-state index contributed by atoms with van der Waals surface area (Å²) in [4.78, 5) is 5.07. The van der Waals surface area contributed by atoms with E-state index in [1.807, 2.05) is 18.2 Å². The average molecular weight is 324 g/mol. The van der Waals surface area contributed by atoms with E-state index in [-0.39, 0.29) is 6.04 Å². The molecular weight excluding hydrogens is 296 g/mol. The summed E-state index contributed by atoms with van der Waals surface area (Å²) in [6, 6.07) is 18.4. The van der Waals surface area contributed by atoms with E-state index in [0.717, 1.165) is 31.7 Å². The highest BCUT2D eigenvalue weighted by molar-refractivity contribution is 5.40. The zero-order valence-corrected chi connectivity index (χ0v) is 14.6. The highest BCUT2D eigenvalue weighted by Gasteiger charge is 2.27. The van der Waals surface area contributed by atoms with E-state index < -0.39 is 0 Å². The molecule has 0 saturated carbocycles. The van der Waals surface area contributed by atoms with Crippen molar-refractivity contribution in [1.29, 1.82) is 0 Å². The molecule has 3 nitrogen and oxygen atoms in total. The Bertz CT molecular complexity index is 621. The molecule has 1 saturated heterocycles. The van der Waals surface area contributed by atoms with Gasteiger partial charge in [-0.1, -0.05) is 61.9 Å². The summed E-state index contributed by atoms with van der Waals surface area (Å²) in [5.41, 5.74) is 2.26. The van der Waals surface area contributed by atoms with Gasteiger partial charge in [0.2, 0.25) is 0 Å². The molecule has 1 fully saturated rings. The molecule has 0 amide bonds. The van der Waals surface area contributed by atoms with Gasteiger partial charge >= 0.3 is 0 Å². The monoisotopic (exact) mass is 324 g/mol. The van der Waals surface area contributed by atoms with Crippen LogP contribution >= 0.6 is 0 Å². The summed E-state index contributed by atoms with van der Waals surface area (Å²) in [7, 11) is 0. The lowest BCUT2D eigenvalue weighted by molar-refractivity contribution is 0.107. The van der Waals surface area contributed by atoms with Gasteiger partial charge in [-0.2, -0.15) is 0 Å². The lowest BCUT2D eigenvalue weighted by atomic mass is 9.95. The third kappa shape index (κ3) is 3.97. The van der Waals surface area contributed by atoms with Crippen LogP contribution in [0.15, 0.2) is 54.6 Å². The number of nitrogens with zero attached hydrogens (tertiary/aromatic N) is 2. The maximum atomic E-state index is 10.4. The maximum absolute atomic E-state index is 10.4. The van der Waals surface area contributed by atoms with Crippen molar-refractivity contribution in [2.24, 2.45) is 0 Å². The summed E-state index contributed by atoms with van der Waals surface area (Å²) in [6.07, 6.45) is 2.53. The van der Waals surface area contributed by atoms with E-state index in [4.69, 9.17) is 0 Å². The second-order valence-corrected chi connectivity index (χ2v) is 6.60. The van der Waals surface area contributed by atoms with Crippen molar-refractivity contribution in [3.8, 4) is 5.75 Å². The van der Waals surface area contributed by atoms with Gasteiger partial charge in [-0.05, 0) is 24.6 Å². The Morgan fingerprint density at radius 1 is 0.917 bits per heavy atom. The Morgan fingerprint density at radius 2 is 1.58 bits per heavy atom. The molecule has 2 aromatic rings. The number of hydrogen-bond acceptors (Lipinski definition) is 3. The lowest BCUT2D eigenvalue weighted by Gasteiger charge is -2.40. The molecule has 24 heavy (non-hydrogen) atoms. The summed E-state index contributed by atoms with van der Waals surface area (Å²) in [5, 5.41) is 10.4. The van der Waals surface area contributed by atoms with E-state index in [0.29, 0.717) is 5.75 Å². The summed E-state index contributed by atoms with van der Waals surface area (Å²) < 4.78 is 0. The van der Waals surface area contributed by atoms with Gasteiger partial charge in [0.05, 0.1) is 6.04 Å². The average Bonchev–Trinajstić information content (AvgIpc) is 2.64. The van der Waals surface area contributed by atoms with Gasteiger partial charge in [0, 0.05) is 31.7 Å². The van der Waals surface area contributed by atoms with E-state index in [2.05, 4.69) is 47.1 Å². The third-order valence-corrected chi connectivity index (χ3v) is 4.95. The quantitative estimate of drug-likeness (QED) is 0.873. The molecule has 3 heteroatoms. The van der Waals surface area contributed by atoms with Crippen molar-refractivity contribution >= 4 is 0 Å². The fraction of sp³-hybridized carbons (Fsp3) is 0.429. The standard InChI is InChI=1S/C21H28N2O/c1-2-3-13-22-14-16-23(17-15-22)21(18-9-5-4-6-10-18)19-11-7-8-12-20(19)24/h4-12,21,24H,2-3,13-17H2,1H3. The summed E-state index contributed by atoms with van der Waals surface area (Å²) >= 11 is 0. The van der Waals surface area contributed by atoms with Crippen LogP contribution in [0.5, 0.6) is 5.75 Å². The Hall–Kier alpha value is -1.84. The highest BCUT2D eigenvalue weighted by Crippen LogP contribution is 2.34. The predicted molar refractivity (Wildman–Crippen MR) is 99.3 cm³/mol. The Balaban J connectivity index is 1.81. The van der Waals surface area contributed by atoms with Gasteiger partial charge < -0.3 is 10.0 Å². The van der Waals surface area contributed by atoms with Crippen LogP contribution in [0.1, 0.15) is 36.9 Å². The molecule has 0 aliphatic carbocycles. The number of phenols is 1. The SMILES string of the molecule is CCCCN1CCN(C(c2ccccc2)c2ccccc2O)CC1. The fourth-order valence-electron chi connectivity index (χ4n) is 3.57. The number of para-hydroxylation sites is 1. The number of piperazine rings is 1. The van der Waals surface area contributed by atoms with Crippen LogP contribution in [-0.2, 0) is 0 Å². The van der Waals surface area contributed by atoms with Gasteiger partial charge in [0.25, 0.3) is 0 Å². The van der Waals surface area contributed by atoms with Crippen molar-refractivity contribution in [3.05, 3.63) is 65.7 Å². The first kappa shape index (κ1) is 17.0. The molecule has 128 valence electrons. The Kier molecular flexibility index (Phi) is 5.89. The van der Waals surface area contributed by atoms with Crippen molar-refractivity contribution in [3.63, 3.8) is 0 Å². The summed E-state index contributed by atoms with van der Waals surface area (Å²) in [6.45, 7) is 7.75. The molecule has 1 heterocycles. The number of aromatic hydroxyl groups is 1. The van der Waals surface area contributed by atoms with E-state index >= 15 is 0 Å². The van der Waals surface area contributed by atoms with Crippen LogP contribution in [0.4, 0.5) is 0 Å².